The third-order valence-electron chi connectivity index (χ3n) is 6.17. The Labute approximate surface area is 213 Å². The number of nitrogens with zero attached hydrogens (tertiary/aromatic N) is 2. The molecule has 1 atom stereocenters. The van der Waals surface area contributed by atoms with Crippen molar-refractivity contribution in [2.75, 3.05) is 11.5 Å². The van der Waals surface area contributed by atoms with Gasteiger partial charge in [0.2, 0.25) is 9.84 Å². The SMILES string of the molecule is CCOc1ccc(N2C(=O)/C(=C\c3cccc4ccccc34)S(=O)(=O)C2c2cccc([N+](=O)[O-])c2)cc1. The Bertz CT molecular complexity index is 1660. The summed E-state index contributed by atoms with van der Waals surface area (Å²) in [6.45, 7) is 2.29. The highest BCUT2D eigenvalue weighted by Gasteiger charge is 2.50. The lowest BCUT2D eigenvalue weighted by atomic mass is 10.0. The summed E-state index contributed by atoms with van der Waals surface area (Å²) in [6.07, 6.45) is 1.39. The average molecular weight is 515 g/mol. The number of hydrogen-bond donors (Lipinski definition) is 0. The fourth-order valence-electron chi connectivity index (χ4n) is 4.51. The minimum absolute atomic E-state index is 0.123. The molecule has 1 fully saturated rings. The van der Waals surface area contributed by atoms with Crippen LogP contribution >= 0.6 is 0 Å². The lowest BCUT2D eigenvalue weighted by Crippen LogP contribution is -2.29. The predicted octanol–water partition coefficient (Wildman–Crippen LogP) is 5.65. The largest absolute Gasteiger partial charge is 0.494 e. The first-order valence-electron chi connectivity index (χ1n) is 11.6. The van der Waals surface area contributed by atoms with Crippen molar-refractivity contribution in [1.82, 2.24) is 0 Å². The summed E-state index contributed by atoms with van der Waals surface area (Å²) >= 11 is 0. The molecule has 9 heteroatoms. The van der Waals surface area contributed by atoms with E-state index in [0.717, 1.165) is 10.8 Å². The number of anilines is 1. The van der Waals surface area contributed by atoms with Crippen LogP contribution in [-0.4, -0.2) is 25.9 Å². The minimum Gasteiger partial charge on any atom is -0.494 e. The third-order valence-corrected chi connectivity index (χ3v) is 8.14. The molecule has 0 spiro atoms. The number of benzene rings is 4. The monoisotopic (exact) mass is 514 g/mol. The smallest absolute Gasteiger partial charge is 0.271 e. The van der Waals surface area contributed by atoms with Crippen molar-refractivity contribution >= 4 is 44.0 Å². The van der Waals surface area contributed by atoms with Crippen LogP contribution < -0.4 is 9.64 Å². The Morgan fingerprint density at radius 1 is 0.973 bits per heavy atom. The Kier molecular flexibility index (Phi) is 6.22. The molecule has 1 unspecified atom stereocenters. The molecule has 8 nitrogen and oxygen atoms in total. The first kappa shape index (κ1) is 24.2. The molecule has 0 saturated carbocycles. The molecule has 0 aliphatic carbocycles. The fourth-order valence-corrected chi connectivity index (χ4v) is 6.38. The summed E-state index contributed by atoms with van der Waals surface area (Å²) in [5.41, 5.74) is 0.766. The molecule has 5 rings (SSSR count). The second-order valence-electron chi connectivity index (χ2n) is 8.43. The van der Waals surface area contributed by atoms with Crippen LogP contribution in [-0.2, 0) is 14.6 Å². The molecule has 1 saturated heterocycles. The van der Waals surface area contributed by atoms with Crippen LogP contribution in [0.3, 0.4) is 0 Å². The van der Waals surface area contributed by atoms with Gasteiger partial charge in [-0.1, -0.05) is 54.6 Å². The molecule has 0 bridgehead atoms. The molecule has 37 heavy (non-hydrogen) atoms. The lowest BCUT2D eigenvalue weighted by molar-refractivity contribution is -0.384. The first-order chi connectivity index (χ1) is 17.8. The van der Waals surface area contributed by atoms with Gasteiger partial charge in [0.15, 0.2) is 5.37 Å². The van der Waals surface area contributed by atoms with Gasteiger partial charge in [0, 0.05) is 17.8 Å². The number of amides is 1. The quantitative estimate of drug-likeness (QED) is 0.187. The lowest BCUT2D eigenvalue weighted by Gasteiger charge is -2.23. The van der Waals surface area contributed by atoms with E-state index in [4.69, 9.17) is 4.74 Å². The van der Waals surface area contributed by atoms with Crippen molar-refractivity contribution in [2.45, 2.75) is 12.3 Å². The van der Waals surface area contributed by atoms with Crippen LogP contribution in [0.1, 0.15) is 23.4 Å². The van der Waals surface area contributed by atoms with Crippen molar-refractivity contribution in [1.29, 1.82) is 0 Å². The van der Waals surface area contributed by atoms with Gasteiger partial charge in [-0.2, -0.15) is 0 Å². The van der Waals surface area contributed by atoms with Crippen LogP contribution in [0, 0.1) is 10.1 Å². The second kappa shape index (κ2) is 9.51. The zero-order chi connectivity index (χ0) is 26.2. The van der Waals surface area contributed by atoms with Crippen LogP contribution in [0.25, 0.3) is 16.8 Å². The number of ether oxygens (including phenoxy) is 1. The highest BCUT2D eigenvalue weighted by Crippen LogP contribution is 2.44. The Hall–Kier alpha value is -4.50. The number of rotatable bonds is 6. The summed E-state index contributed by atoms with van der Waals surface area (Å²) in [7, 11) is -4.27. The van der Waals surface area contributed by atoms with Crippen LogP contribution in [0.15, 0.2) is 95.9 Å². The summed E-state index contributed by atoms with van der Waals surface area (Å²) < 4.78 is 33.4. The second-order valence-corrected chi connectivity index (χ2v) is 10.4. The highest BCUT2D eigenvalue weighted by atomic mass is 32.2. The van der Waals surface area contributed by atoms with Gasteiger partial charge in [-0.15, -0.1) is 0 Å². The molecule has 4 aromatic carbocycles. The van der Waals surface area contributed by atoms with E-state index in [2.05, 4.69) is 0 Å². The number of carbonyl (C=O) groups is 1. The van der Waals surface area contributed by atoms with Crippen molar-refractivity contribution in [3.8, 4) is 5.75 Å². The number of nitro groups is 1. The Balaban J connectivity index is 1.71. The van der Waals surface area contributed by atoms with Gasteiger partial charge in [-0.25, -0.2) is 8.42 Å². The van der Waals surface area contributed by atoms with Gasteiger partial charge in [-0.05, 0) is 59.2 Å². The molecule has 4 aromatic rings. The van der Waals surface area contributed by atoms with Crippen LogP contribution in [0.4, 0.5) is 11.4 Å². The van der Waals surface area contributed by atoms with E-state index in [9.17, 15) is 23.3 Å². The van der Waals surface area contributed by atoms with E-state index in [1.54, 1.807) is 36.4 Å². The van der Waals surface area contributed by atoms with Gasteiger partial charge < -0.3 is 4.74 Å². The maximum absolute atomic E-state index is 14.0. The molecule has 1 aliphatic rings. The maximum Gasteiger partial charge on any atom is 0.271 e. The van der Waals surface area contributed by atoms with Crippen molar-refractivity contribution in [3.05, 3.63) is 117 Å². The number of non-ortho nitro benzene ring substituents is 1. The van der Waals surface area contributed by atoms with Crippen molar-refractivity contribution in [3.63, 3.8) is 0 Å². The van der Waals surface area contributed by atoms with E-state index in [-0.39, 0.29) is 16.2 Å². The maximum atomic E-state index is 14.0. The number of carbonyl (C=O) groups excluding carboxylic acids is 1. The first-order valence-corrected chi connectivity index (χ1v) is 13.1. The predicted molar refractivity (Wildman–Crippen MR) is 142 cm³/mol. The molecule has 0 N–H and O–H groups in total. The van der Waals surface area contributed by atoms with Gasteiger partial charge in [-0.3, -0.25) is 19.8 Å². The van der Waals surface area contributed by atoms with Gasteiger partial charge >= 0.3 is 0 Å². The minimum atomic E-state index is -4.27. The van der Waals surface area contributed by atoms with Gasteiger partial charge in [0.1, 0.15) is 10.7 Å². The van der Waals surface area contributed by atoms with Gasteiger partial charge in [0.25, 0.3) is 11.6 Å². The molecule has 0 aromatic heterocycles. The van der Waals surface area contributed by atoms with E-state index in [1.165, 1.54) is 35.2 Å². The van der Waals surface area contributed by atoms with E-state index in [0.29, 0.717) is 23.6 Å². The average Bonchev–Trinajstić information content (AvgIpc) is 3.10. The topological polar surface area (TPSA) is 107 Å². The van der Waals surface area contributed by atoms with E-state index >= 15 is 0 Å². The fraction of sp³-hybridized carbons (Fsp3) is 0.107. The van der Waals surface area contributed by atoms with E-state index in [1.807, 2.05) is 37.3 Å². The zero-order valence-electron chi connectivity index (χ0n) is 19.8. The summed E-state index contributed by atoms with van der Waals surface area (Å²) in [5, 5.41) is 11.7. The van der Waals surface area contributed by atoms with Crippen molar-refractivity contribution < 1.29 is 22.9 Å². The third kappa shape index (κ3) is 4.34. The van der Waals surface area contributed by atoms with Crippen LogP contribution in [0.2, 0.25) is 0 Å². The summed E-state index contributed by atoms with van der Waals surface area (Å²) in [6, 6.07) is 24.8. The van der Waals surface area contributed by atoms with Crippen LogP contribution in [0.5, 0.6) is 5.75 Å². The molecule has 186 valence electrons. The standard InChI is InChI=1S/C28H22N2O6S/c1-2-36-24-15-13-22(14-16-24)29-27(31)26(18-20-9-5-8-19-7-3-4-12-25(19)20)37(34,35)28(29)21-10-6-11-23(17-21)30(32)33/h3-18,28H,2H2,1H3/b26-18+. The summed E-state index contributed by atoms with van der Waals surface area (Å²) in [5.74, 6) is -0.146. The normalized spacial score (nSPS) is 17.9. The molecule has 0 radical (unpaired) electrons. The number of sulfone groups is 1. The molecule has 1 amide bonds. The molecule has 1 heterocycles. The Morgan fingerprint density at radius 3 is 2.41 bits per heavy atom. The van der Waals surface area contributed by atoms with Gasteiger partial charge in [0.05, 0.1) is 11.5 Å². The Morgan fingerprint density at radius 2 is 1.68 bits per heavy atom. The number of hydrogen-bond acceptors (Lipinski definition) is 6. The molecular weight excluding hydrogens is 492 g/mol. The number of fused-ring (bicyclic) bond motifs is 1. The van der Waals surface area contributed by atoms with Crippen molar-refractivity contribution in [2.24, 2.45) is 0 Å². The number of nitro benzene ring substituents is 1. The highest BCUT2D eigenvalue weighted by molar-refractivity contribution is 7.97. The zero-order valence-corrected chi connectivity index (χ0v) is 20.6. The molecule has 1 aliphatic heterocycles. The summed E-state index contributed by atoms with van der Waals surface area (Å²) in [4.78, 5) is 25.4. The molecular formula is C28H22N2O6S. The van der Waals surface area contributed by atoms with E-state index < -0.39 is 26.0 Å².